The van der Waals surface area contributed by atoms with Gasteiger partial charge in [0.05, 0.1) is 14.4 Å². The molecular weight excluding hydrogens is 360 g/mol. The van der Waals surface area contributed by atoms with Crippen LogP contribution < -0.4 is 5.32 Å². The van der Waals surface area contributed by atoms with Crippen molar-refractivity contribution in [2.24, 2.45) is 0 Å². The monoisotopic (exact) mass is 372 g/mol. The lowest BCUT2D eigenvalue weighted by molar-refractivity contribution is 0.611. The molecule has 1 atom stereocenters. The third-order valence-electron chi connectivity index (χ3n) is 3.63. The lowest BCUT2D eigenvalue weighted by Gasteiger charge is -2.24. The number of benzene rings is 1. The number of nitrogens with zero attached hydrogens (tertiary/aromatic N) is 3. The summed E-state index contributed by atoms with van der Waals surface area (Å²) in [7, 11) is 0. The van der Waals surface area contributed by atoms with Gasteiger partial charge in [0, 0.05) is 0 Å². The van der Waals surface area contributed by atoms with Crippen LogP contribution in [-0.2, 0) is 0 Å². The molecule has 1 aliphatic heterocycles. The number of thiophene rings is 1. The number of halogens is 1. The maximum atomic E-state index is 4.37. The smallest absolute Gasteiger partial charge is 0.226 e. The van der Waals surface area contributed by atoms with Crippen molar-refractivity contribution in [3.8, 4) is 0 Å². The number of hydrogen-bond donors (Lipinski definition) is 1. The Bertz CT molecular complexity index is 864. The number of nitrogens with one attached hydrogen (secondary N) is 1. The number of hydrogen-bond acceptors (Lipinski definition) is 4. The standard InChI is InChI=1S/C16H13BrN4S/c1-10-3-2-4-11(7-10)13-8-12(14-5-6-15(17)22-14)20-16-18-9-19-21(13)16/h2-9,13H,1H3,(H,18,19,20)/t13-/m0/s1. The maximum absolute atomic E-state index is 4.37. The maximum Gasteiger partial charge on any atom is 0.226 e. The highest BCUT2D eigenvalue weighted by atomic mass is 79.9. The highest BCUT2D eigenvalue weighted by Gasteiger charge is 2.23. The Morgan fingerprint density at radius 2 is 2.18 bits per heavy atom. The Morgan fingerprint density at radius 1 is 1.27 bits per heavy atom. The van der Waals surface area contributed by atoms with Crippen LogP contribution in [0.4, 0.5) is 5.95 Å². The molecule has 0 saturated carbocycles. The SMILES string of the molecule is Cc1cccc([C@@H]2C=C(c3ccc(Br)s3)Nc3ncnn32)c1. The van der Waals surface area contributed by atoms with Gasteiger partial charge in [-0.05, 0) is 46.6 Å². The van der Waals surface area contributed by atoms with E-state index >= 15 is 0 Å². The van der Waals surface area contributed by atoms with Crippen LogP contribution in [0.3, 0.4) is 0 Å². The summed E-state index contributed by atoms with van der Waals surface area (Å²) < 4.78 is 3.03. The second-order valence-electron chi connectivity index (χ2n) is 5.20. The predicted octanol–water partition coefficient (Wildman–Crippen LogP) is 4.47. The average molecular weight is 373 g/mol. The van der Waals surface area contributed by atoms with Gasteiger partial charge in [-0.1, -0.05) is 29.8 Å². The molecule has 3 heterocycles. The van der Waals surface area contributed by atoms with Crippen LogP contribution in [0.5, 0.6) is 0 Å². The fourth-order valence-corrected chi connectivity index (χ4v) is 3.99. The average Bonchev–Trinajstić information content (AvgIpc) is 3.14. The first-order valence-electron chi connectivity index (χ1n) is 6.91. The zero-order valence-corrected chi connectivity index (χ0v) is 14.2. The van der Waals surface area contributed by atoms with Crippen LogP contribution in [0.2, 0.25) is 0 Å². The second-order valence-corrected chi connectivity index (χ2v) is 7.66. The van der Waals surface area contributed by atoms with E-state index in [1.807, 2.05) is 4.68 Å². The molecule has 110 valence electrons. The van der Waals surface area contributed by atoms with Crippen molar-refractivity contribution < 1.29 is 0 Å². The van der Waals surface area contributed by atoms with Crippen LogP contribution in [0.25, 0.3) is 5.70 Å². The molecular formula is C16H13BrN4S. The number of allylic oxidation sites excluding steroid dienone is 1. The molecule has 1 N–H and O–H groups in total. The van der Waals surface area contributed by atoms with Crippen molar-refractivity contribution in [2.75, 3.05) is 5.32 Å². The van der Waals surface area contributed by atoms with Crippen molar-refractivity contribution in [1.82, 2.24) is 14.8 Å². The molecule has 3 aromatic rings. The molecule has 1 aliphatic rings. The minimum absolute atomic E-state index is 0.0505. The molecule has 2 aromatic heterocycles. The second kappa shape index (κ2) is 5.37. The van der Waals surface area contributed by atoms with Crippen molar-refractivity contribution in [3.63, 3.8) is 0 Å². The third kappa shape index (κ3) is 2.38. The van der Waals surface area contributed by atoms with Gasteiger partial charge in [0.15, 0.2) is 0 Å². The summed E-state index contributed by atoms with van der Waals surface area (Å²) in [6.45, 7) is 2.10. The summed E-state index contributed by atoms with van der Waals surface area (Å²) >= 11 is 5.22. The molecule has 22 heavy (non-hydrogen) atoms. The van der Waals surface area contributed by atoms with Gasteiger partial charge in [0.25, 0.3) is 0 Å². The topological polar surface area (TPSA) is 42.7 Å². The summed E-state index contributed by atoms with van der Waals surface area (Å²) in [5, 5.41) is 7.73. The summed E-state index contributed by atoms with van der Waals surface area (Å²) in [6, 6.07) is 12.7. The number of aromatic nitrogens is 3. The zero-order valence-electron chi connectivity index (χ0n) is 11.8. The van der Waals surface area contributed by atoms with Gasteiger partial charge in [-0.25, -0.2) is 4.68 Å². The summed E-state index contributed by atoms with van der Waals surface area (Å²) in [6.07, 6.45) is 3.79. The molecule has 0 amide bonds. The molecule has 0 radical (unpaired) electrons. The van der Waals surface area contributed by atoms with Crippen LogP contribution >= 0.6 is 27.3 Å². The molecule has 0 spiro atoms. The van der Waals surface area contributed by atoms with Crippen molar-refractivity contribution in [1.29, 1.82) is 0 Å². The van der Waals surface area contributed by atoms with Crippen LogP contribution in [0.15, 0.2) is 52.6 Å². The molecule has 1 aromatic carbocycles. The number of aryl methyl sites for hydroxylation is 1. The molecule has 4 nitrogen and oxygen atoms in total. The number of rotatable bonds is 2. The van der Waals surface area contributed by atoms with E-state index in [0.29, 0.717) is 0 Å². The molecule has 0 saturated heterocycles. The molecule has 0 aliphatic carbocycles. The molecule has 6 heteroatoms. The van der Waals surface area contributed by atoms with E-state index in [0.717, 1.165) is 15.4 Å². The lowest BCUT2D eigenvalue weighted by atomic mass is 10.0. The Kier molecular flexibility index (Phi) is 3.35. The summed E-state index contributed by atoms with van der Waals surface area (Å²) in [4.78, 5) is 5.51. The molecule has 0 unspecified atom stereocenters. The van der Waals surface area contributed by atoms with Crippen LogP contribution in [-0.4, -0.2) is 14.8 Å². The third-order valence-corrected chi connectivity index (χ3v) is 5.29. The van der Waals surface area contributed by atoms with Crippen LogP contribution in [0, 0.1) is 6.92 Å². The van der Waals surface area contributed by atoms with E-state index in [1.165, 1.54) is 16.0 Å². The largest absolute Gasteiger partial charge is 0.323 e. The van der Waals surface area contributed by atoms with Gasteiger partial charge < -0.3 is 5.32 Å². The molecule has 0 fully saturated rings. The van der Waals surface area contributed by atoms with E-state index < -0.39 is 0 Å². The quantitative estimate of drug-likeness (QED) is 0.721. The Balaban J connectivity index is 1.83. The van der Waals surface area contributed by atoms with E-state index in [4.69, 9.17) is 0 Å². The first-order valence-corrected chi connectivity index (χ1v) is 8.52. The first kappa shape index (κ1) is 13.7. The van der Waals surface area contributed by atoms with Crippen molar-refractivity contribution in [3.05, 3.63) is 68.6 Å². The first-order chi connectivity index (χ1) is 10.7. The van der Waals surface area contributed by atoms with E-state index in [9.17, 15) is 0 Å². The highest BCUT2D eigenvalue weighted by molar-refractivity contribution is 9.11. The van der Waals surface area contributed by atoms with Gasteiger partial charge in [-0.2, -0.15) is 10.1 Å². The van der Waals surface area contributed by atoms with Gasteiger partial charge in [0.2, 0.25) is 5.95 Å². The molecule has 4 rings (SSSR count). The van der Waals surface area contributed by atoms with Gasteiger partial charge in [-0.15, -0.1) is 11.3 Å². The number of anilines is 1. The normalized spacial score (nSPS) is 16.8. The minimum Gasteiger partial charge on any atom is -0.323 e. The minimum atomic E-state index is 0.0505. The van der Waals surface area contributed by atoms with Crippen molar-refractivity contribution in [2.45, 2.75) is 13.0 Å². The Morgan fingerprint density at radius 3 is 2.95 bits per heavy atom. The van der Waals surface area contributed by atoms with E-state index in [2.05, 4.69) is 80.7 Å². The fraction of sp³-hybridized carbons (Fsp3) is 0.125. The predicted molar refractivity (Wildman–Crippen MR) is 93.0 cm³/mol. The zero-order chi connectivity index (χ0) is 15.1. The Labute approximate surface area is 140 Å². The van der Waals surface area contributed by atoms with Gasteiger partial charge >= 0.3 is 0 Å². The highest BCUT2D eigenvalue weighted by Crippen LogP contribution is 2.35. The van der Waals surface area contributed by atoms with Gasteiger partial charge in [0.1, 0.15) is 12.4 Å². The van der Waals surface area contributed by atoms with Crippen LogP contribution in [0.1, 0.15) is 22.0 Å². The van der Waals surface area contributed by atoms with Crippen molar-refractivity contribution >= 4 is 38.9 Å². The molecule has 0 bridgehead atoms. The number of fused-ring (bicyclic) bond motifs is 1. The lowest BCUT2D eigenvalue weighted by Crippen LogP contribution is -2.19. The Hall–Kier alpha value is -1.92. The van der Waals surface area contributed by atoms with E-state index in [-0.39, 0.29) is 6.04 Å². The van der Waals surface area contributed by atoms with Gasteiger partial charge in [-0.3, -0.25) is 0 Å². The summed E-state index contributed by atoms with van der Waals surface area (Å²) in [5.41, 5.74) is 3.52. The van der Waals surface area contributed by atoms with E-state index in [1.54, 1.807) is 17.7 Å². The summed E-state index contributed by atoms with van der Waals surface area (Å²) in [5.74, 6) is 0.772. The fourth-order valence-electron chi connectivity index (χ4n) is 2.63.